The Kier molecular flexibility index (Phi) is 4.34. The third kappa shape index (κ3) is 3.96. The molecule has 17 heavy (non-hydrogen) atoms. The molecule has 0 radical (unpaired) electrons. The van der Waals surface area contributed by atoms with Gasteiger partial charge in [-0.15, -0.1) is 0 Å². The number of benzene rings is 1. The Balaban J connectivity index is 0.000000171. The van der Waals surface area contributed by atoms with Crippen LogP contribution < -0.4 is 5.73 Å². The largest absolute Gasteiger partial charge is 0.508 e. The van der Waals surface area contributed by atoms with Crippen molar-refractivity contribution in [3.63, 3.8) is 0 Å². The third-order valence-corrected chi connectivity index (χ3v) is 2.77. The Morgan fingerprint density at radius 2 is 1.41 bits per heavy atom. The molecule has 1 aliphatic rings. The number of hydrogen-bond donors (Lipinski definition) is 4. The second kappa shape index (κ2) is 5.54. The molecule has 0 bridgehead atoms. The lowest BCUT2D eigenvalue weighted by atomic mass is 10.0. The molecule has 0 unspecified atom stereocenters. The highest BCUT2D eigenvalue weighted by Gasteiger charge is 2.36. The van der Waals surface area contributed by atoms with Crippen LogP contribution in [0.1, 0.15) is 25.7 Å². The number of hydrogen-bond acceptors (Lipinski definition) is 4. The average Bonchev–Trinajstić information content (AvgIpc) is 2.72. The third-order valence-electron chi connectivity index (χ3n) is 2.77. The van der Waals surface area contributed by atoms with Gasteiger partial charge in [-0.2, -0.15) is 0 Å². The molecule has 5 nitrogen and oxygen atoms in total. The fraction of sp³-hybridized carbons (Fsp3) is 0.417. The van der Waals surface area contributed by atoms with E-state index in [-0.39, 0.29) is 11.5 Å². The van der Waals surface area contributed by atoms with Gasteiger partial charge < -0.3 is 21.1 Å². The molecule has 0 spiro atoms. The molecule has 0 saturated heterocycles. The van der Waals surface area contributed by atoms with E-state index < -0.39 is 11.5 Å². The number of carbonyl (C=O) groups is 1. The lowest BCUT2D eigenvalue weighted by molar-refractivity contribution is -0.143. The molecule has 0 aromatic heterocycles. The molecule has 5 N–H and O–H groups in total. The molecule has 1 aromatic rings. The standard InChI is InChI=1S/C6H11NO2.C6H6O2/c7-6(5(8)9)3-1-2-4-6;7-5-1-2-6(8)4-3-5/h1-4,7H2,(H,8,9);1-4,7-8H. The zero-order valence-corrected chi connectivity index (χ0v) is 9.47. The summed E-state index contributed by atoms with van der Waals surface area (Å²) >= 11 is 0. The van der Waals surface area contributed by atoms with Crippen molar-refractivity contribution in [2.24, 2.45) is 5.73 Å². The first-order valence-corrected chi connectivity index (χ1v) is 5.44. The van der Waals surface area contributed by atoms with Gasteiger partial charge in [-0.3, -0.25) is 4.79 Å². The molecule has 1 fully saturated rings. The van der Waals surface area contributed by atoms with Gasteiger partial charge in [-0.1, -0.05) is 12.8 Å². The zero-order valence-electron chi connectivity index (χ0n) is 9.47. The molecule has 1 saturated carbocycles. The van der Waals surface area contributed by atoms with E-state index >= 15 is 0 Å². The highest BCUT2D eigenvalue weighted by molar-refractivity contribution is 5.78. The van der Waals surface area contributed by atoms with E-state index in [2.05, 4.69) is 0 Å². The summed E-state index contributed by atoms with van der Waals surface area (Å²) in [6.07, 6.45) is 3.20. The maximum atomic E-state index is 10.4. The lowest BCUT2D eigenvalue weighted by Crippen LogP contribution is -2.44. The molecule has 1 aliphatic carbocycles. The van der Waals surface area contributed by atoms with Crippen LogP contribution in [0.5, 0.6) is 11.5 Å². The summed E-state index contributed by atoms with van der Waals surface area (Å²) in [4.78, 5) is 10.4. The van der Waals surface area contributed by atoms with E-state index in [0.29, 0.717) is 12.8 Å². The van der Waals surface area contributed by atoms with E-state index in [4.69, 9.17) is 21.1 Å². The Morgan fingerprint density at radius 3 is 1.65 bits per heavy atom. The molecule has 1 aromatic carbocycles. The van der Waals surface area contributed by atoms with Crippen molar-refractivity contribution in [1.82, 2.24) is 0 Å². The minimum Gasteiger partial charge on any atom is -0.508 e. The van der Waals surface area contributed by atoms with Gasteiger partial charge >= 0.3 is 5.97 Å². The Hall–Kier alpha value is -1.75. The summed E-state index contributed by atoms with van der Waals surface area (Å²) < 4.78 is 0. The van der Waals surface area contributed by atoms with Gasteiger partial charge in [-0.25, -0.2) is 0 Å². The molecular weight excluding hydrogens is 222 g/mol. The predicted octanol–water partition coefficient (Wildman–Crippen LogP) is 1.44. The van der Waals surface area contributed by atoms with Gasteiger partial charge in [0.1, 0.15) is 17.0 Å². The van der Waals surface area contributed by atoms with Crippen molar-refractivity contribution in [2.75, 3.05) is 0 Å². The van der Waals surface area contributed by atoms with Crippen LogP contribution in [-0.2, 0) is 4.79 Å². The van der Waals surface area contributed by atoms with E-state index in [1.807, 2.05) is 0 Å². The Bertz CT molecular complexity index is 348. The van der Waals surface area contributed by atoms with Gasteiger partial charge in [0.2, 0.25) is 0 Å². The van der Waals surface area contributed by atoms with Gasteiger partial charge in [0, 0.05) is 0 Å². The molecular formula is C12H17NO4. The minimum absolute atomic E-state index is 0.169. The molecule has 0 amide bonds. The fourth-order valence-electron chi connectivity index (χ4n) is 1.67. The number of aromatic hydroxyl groups is 2. The lowest BCUT2D eigenvalue weighted by Gasteiger charge is -2.15. The summed E-state index contributed by atoms with van der Waals surface area (Å²) in [5.74, 6) is -0.509. The van der Waals surface area contributed by atoms with Crippen LogP contribution in [0.3, 0.4) is 0 Å². The van der Waals surface area contributed by atoms with Crippen molar-refractivity contribution in [1.29, 1.82) is 0 Å². The van der Waals surface area contributed by atoms with Crippen LogP contribution in [0.2, 0.25) is 0 Å². The first-order chi connectivity index (χ1) is 7.94. The second-order valence-electron chi connectivity index (χ2n) is 4.18. The molecule has 94 valence electrons. The maximum absolute atomic E-state index is 10.4. The predicted molar refractivity (Wildman–Crippen MR) is 62.8 cm³/mol. The van der Waals surface area contributed by atoms with Crippen LogP contribution in [0.15, 0.2) is 24.3 Å². The molecule has 0 atom stereocenters. The summed E-state index contributed by atoms with van der Waals surface area (Å²) in [6, 6.07) is 5.70. The number of carboxylic acids is 1. The van der Waals surface area contributed by atoms with E-state index in [1.165, 1.54) is 24.3 Å². The minimum atomic E-state index is -0.889. The average molecular weight is 239 g/mol. The summed E-state index contributed by atoms with van der Waals surface area (Å²) in [5, 5.41) is 25.8. The zero-order chi connectivity index (χ0) is 12.9. The van der Waals surface area contributed by atoms with Crippen LogP contribution >= 0.6 is 0 Å². The fourth-order valence-corrected chi connectivity index (χ4v) is 1.67. The maximum Gasteiger partial charge on any atom is 0.323 e. The first-order valence-electron chi connectivity index (χ1n) is 5.44. The number of phenols is 2. The number of carboxylic acid groups (broad SMARTS) is 1. The number of aliphatic carboxylic acids is 1. The van der Waals surface area contributed by atoms with Crippen molar-refractivity contribution < 1.29 is 20.1 Å². The Labute approximate surface area is 99.5 Å². The highest BCUT2D eigenvalue weighted by Crippen LogP contribution is 2.26. The van der Waals surface area contributed by atoms with Crippen LogP contribution in [0.4, 0.5) is 0 Å². The molecule has 5 heteroatoms. The van der Waals surface area contributed by atoms with Gasteiger partial charge in [0.15, 0.2) is 0 Å². The summed E-state index contributed by atoms with van der Waals surface area (Å²) in [5.41, 5.74) is 4.61. The van der Waals surface area contributed by atoms with Gasteiger partial charge in [0.25, 0.3) is 0 Å². The molecule has 2 rings (SSSR count). The monoisotopic (exact) mass is 239 g/mol. The highest BCUT2D eigenvalue weighted by atomic mass is 16.4. The van der Waals surface area contributed by atoms with E-state index in [1.54, 1.807) is 0 Å². The van der Waals surface area contributed by atoms with E-state index in [9.17, 15) is 4.79 Å². The topological polar surface area (TPSA) is 104 Å². The summed E-state index contributed by atoms with van der Waals surface area (Å²) in [7, 11) is 0. The quantitative estimate of drug-likeness (QED) is 0.555. The molecule has 0 heterocycles. The van der Waals surface area contributed by atoms with Crippen molar-refractivity contribution in [3.05, 3.63) is 24.3 Å². The molecule has 0 aliphatic heterocycles. The normalized spacial score (nSPS) is 17.0. The summed E-state index contributed by atoms with van der Waals surface area (Å²) in [6.45, 7) is 0. The number of nitrogens with two attached hydrogens (primary N) is 1. The van der Waals surface area contributed by atoms with Crippen molar-refractivity contribution >= 4 is 5.97 Å². The van der Waals surface area contributed by atoms with Crippen molar-refractivity contribution in [3.8, 4) is 11.5 Å². The smallest absolute Gasteiger partial charge is 0.323 e. The SMILES string of the molecule is NC1(C(=O)O)CCCC1.Oc1ccc(O)cc1. The Morgan fingerprint density at radius 1 is 1.06 bits per heavy atom. The van der Waals surface area contributed by atoms with Crippen molar-refractivity contribution in [2.45, 2.75) is 31.2 Å². The van der Waals surface area contributed by atoms with Crippen LogP contribution in [-0.4, -0.2) is 26.8 Å². The van der Waals surface area contributed by atoms with Gasteiger partial charge in [-0.05, 0) is 37.1 Å². The number of phenolic OH excluding ortho intramolecular Hbond substituents is 2. The first kappa shape index (κ1) is 13.3. The van der Waals surface area contributed by atoms with Crippen LogP contribution in [0, 0.1) is 0 Å². The number of rotatable bonds is 1. The second-order valence-corrected chi connectivity index (χ2v) is 4.18. The van der Waals surface area contributed by atoms with Gasteiger partial charge in [0.05, 0.1) is 0 Å². The van der Waals surface area contributed by atoms with Crippen LogP contribution in [0.25, 0.3) is 0 Å². The van der Waals surface area contributed by atoms with E-state index in [0.717, 1.165) is 12.8 Å².